The predicted octanol–water partition coefficient (Wildman–Crippen LogP) is 3.47. The predicted molar refractivity (Wildman–Crippen MR) is 83.7 cm³/mol. The van der Waals surface area contributed by atoms with Crippen molar-refractivity contribution in [3.63, 3.8) is 0 Å². The van der Waals surface area contributed by atoms with Crippen molar-refractivity contribution in [3.8, 4) is 5.75 Å². The van der Waals surface area contributed by atoms with Crippen molar-refractivity contribution in [3.05, 3.63) is 28.8 Å². The van der Waals surface area contributed by atoms with Crippen LogP contribution in [0.2, 0.25) is 0 Å². The molecule has 112 valence electrons. The summed E-state index contributed by atoms with van der Waals surface area (Å²) < 4.78 is 5.87. The maximum Gasteiger partial charge on any atom is 0.223 e. The molecule has 1 aromatic rings. The standard InChI is InChI=1S/C16H24ClNO2/c1-12-6-7-13(2)16(14(12)3)20-11-5-10-18(4)15(19)8-9-17/h6-7H,5,8-11H2,1-4H3. The lowest BCUT2D eigenvalue weighted by atomic mass is 10.1. The van der Waals surface area contributed by atoms with Crippen molar-refractivity contribution in [1.29, 1.82) is 0 Å². The molecule has 0 spiro atoms. The van der Waals surface area contributed by atoms with Gasteiger partial charge in [0.2, 0.25) is 5.91 Å². The second-order valence-electron chi connectivity index (χ2n) is 5.11. The molecule has 3 nitrogen and oxygen atoms in total. The lowest BCUT2D eigenvalue weighted by Crippen LogP contribution is -2.28. The Bertz CT molecular complexity index is 460. The van der Waals surface area contributed by atoms with Crippen LogP contribution in [0.15, 0.2) is 12.1 Å². The summed E-state index contributed by atoms with van der Waals surface area (Å²) in [5.74, 6) is 1.43. The molecule has 0 atom stereocenters. The van der Waals surface area contributed by atoms with Gasteiger partial charge >= 0.3 is 0 Å². The highest BCUT2D eigenvalue weighted by atomic mass is 35.5. The van der Waals surface area contributed by atoms with Crippen LogP contribution in [0.5, 0.6) is 5.75 Å². The average molecular weight is 298 g/mol. The van der Waals surface area contributed by atoms with E-state index in [0.29, 0.717) is 25.5 Å². The number of nitrogens with zero attached hydrogens (tertiary/aromatic N) is 1. The zero-order valence-corrected chi connectivity index (χ0v) is 13.6. The van der Waals surface area contributed by atoms with Gasteiger partial charge in [-0.05, 0) is 43.9 Å². The third-order valence-corrected chi connectivity index (χ3v) is 3.68. The number of ether oxygens (including phenoxy) is 1. The van der Waals surface area contributed by atoms with Gasteiger partial charge in [-0.1, -0.05) is 12.1 Å². The molecule has 0 heterocycles. The van der Waals surface area contributed by atoms with Crippen LogP contribution in [0.1, 0.15) is 29.5 Å². The maximum absolute atomic E-state index is 11.6. The monoisotopic (exact) mass is 297 g/mol. The Morgan fingerprint density at radius 3 is 2.55 bits per heavy atom. The molecule has 0 aliphatic rings. The molecule has 0 aliphatic heterocycles. The van der Waals surface area contributed by atoms with E-state index in [1.807, 2.05) is 0 Å². The van der Waals surface area contributed by atoms with Gasteiger partial charge in [0.15, 0.2) is 0 Å². The van der Waals surface area contributed by atoms with Crippen molar-refractivity contribution < 1.29 is 9.53 Å². The zero-order chi connectivity index (χ0) is 15.1. The Kier molecular flexibility index (Phi) is 6.86. The number of hydrogen-bond donors (Lipinski definition) is 0. The third kappa shape index (κ3) is 4.71. The van der Waals surface area contributed by atoms with Crippen LogP contribution in [0, 0.1) is 20.8 Å². The quantitative estimate of drug-likeness (QED) is 0.570. The highest BCUT2D eigenvalue weighted by Gasteiger charge is 2.09. The molecule has 0 radical (unpaired) electrons. The molecule has 1 aromatic carbocycles. The number of hydrogen-bond acceptors (Lipinski definition) is 2. The number of rotatable bonds is 7. The first-order valence-corrected chi connectivity index (χ1v) is 7.50. The molecule has 0 saturated carbocycles. The highest BCUT2D eigenvalue weighted by molar-refractivity contribution is 6.18. The van der Waals surface area contributed by atoms with Gasteiger partial charge in [-0.15, -0.1) is 11.6 Å². The minimum atomic E-state index is 0.0860. The van der Waals surface area contributed by atoms with E-state index in [1.54, 1.807) is 11.9 Å². The minimum absolute atomic E-state index is 0.0860. The van der Waals surface area contributed by atoms with Crippen molar-refractivity contribution >= 4 is 17.5 Å². The Morgan fingerprint density at radius 2 is 1.90 bits per heavy atom. The molecule has 1 rings (SSSR count). The zero-order valence-electron chi connectivity index (χ0n) is 12.8. The van der Waals surface area contributed by atoms with E-state index >= 15 is 0 Å². The van der Waals surface area contributed by atoms with Gasteiger partial charge in [0.1, 0.15) is 5.75 Å². The molecule has 20 heavy (non-hydrogen) atoms. The van der Waals surface area contributed by atoms with Gasteiger partial charge < -0.3 is 9.64 Å². The van der Waals surface area contributed by atoms with E-state index in [0.717, 1.165) is 17.7 Å². The van der Waals surface area contributed by atoms with Gasteiger partial charge in [-0.25, -0.2) is 0 Å². The van der Waals surface area contributed by atoms with Crippen LogP contribution in [-0.4, -0.2) is 36.9 Å². The number of carbonyl (C=O) groups excluding carboxylic acids is 1. The summed E-state index contributed by atoms with van der Waals surface area (Å²) in [6, 6.07) is 4.18. The fraction of sp³-hybridized carbons (Fsp3) is 0.562. The summed E-state index contributed by atoms with van der Waals surface area (Å²) in [5.41, 5.74) is 3.58. The van der Waals surface area contributed by atoms with Crippen LogP contribution in [0.25, 0.3) is 0 Å². The molecule has 0 aromatic heterocycles. The summed E-state index contributed by atoms with van der Waals surface area (Å²) in [7, 11) is 1.80. The van der Waals surface area contributed by atoms with Gasteiger partial charge in [-0.2, -0.15) is 0 Å². The number of benzene rings is 1. The summed E-state index contributed by atoms with van der Waals surface area (Å²) in [6.45, 7) is 7.52. The molecule has 0 aliphatic carbocycles. The first-order valence-electron chi connectivity index (χ1n) is 6.97. The van der Waals surface area contributed by atoms with Crippen LogP contribution >= 0.6 is 11.6 Å². The molecular formula is C16H24ClNO2. The first kappa shape index (κ1) is 16.8. The minimum Gasteiger partial charge on any atom is -0.493 e. The van der Waals surface area contributed by atoms with Gasteiger partial charge in [0.05, 0.1) is 6.61 Å². The highest BCUT2D eigenvalue weighted by Crippen LogP contribution is 2.25. The van der Waals surface area contributed by atoms with Crippen LogP contribution in [0.4, 0.5) is 0 Å². The normalized spacial score (nSPS) is 10.4. The first-order chi connectivity index (χ1) is 9.47. The second kappa shape index (κ2) is 8.15. The molecule has 0 saturated heterocycles. The molecular weight excluding hydrogens is 274 g/mol. The summed E-state index contributed by atoms with van der Waals surface area (Å²) in [4.78, 5) is 13.3. The Hall–Kier alpha value is -1.22. The van der Waals surface area contributed by atoms with Gasteiger partial charge in [-0.3, -0.25) is 4.79 Å². The Morgan fingerprint density at radius 1 is 1.25 bits per heavy atom. The third-order valence-electron chi connectivity index (χ3n) is 3.49. The molecule has 0 unspecified atom stereocenters. The Balaban J connectivity index is 2.42. The van der Waals surface area contributed by atoms with E-state index in [4.69, 9.17) is 16.3 Å². The maximum atomic E-state index is 11.6. The number of carbonyl (C=O) groups is 1. The number of alkyl halides is 1. The summed E-state index contributed by atoms with van der Waals surface area (Å²) >= 11 is 5.56. The lowest BCUT2D eigenvalue weighted by Gasteiger charge is -2.18. The van der Waals surface area contributed by atoms with E-state index < -0.39 is 0 Å². The molecule has 0 fully saturated rings. The number of amides is 1. The van der Waals surface area contributed by atoms with Gasteiger partial charge in [0, 0.05) is 25.9 Å². The summed E-state index contributed by atoms with van der Waals surface area (Å²) in [5, 5.41) is 0. The van der Waals surface area contributed by atoms with Crippen LogP contribution in [-0.2, 0) is 4.79 Å². The van der Waals surface area contributed by atoms with Crippen LogP contribution < -0.4 is 4.74 Å². The smallest absolute Gasteiger partial charge is 0.223 e. The average Bonchev–Trinajstić information content (AvgIpc) is 2.42. The van der Waals surface area contributed by atoms with Crippen molar-refractivity contribution in [2.24, 2.45) is 0 Å². The van der Waals surface area contributed by atoms with Crippen molar-refractivity contribution in [1.82, 2.24) is 4.90 Å². The van der Waals surface area contributed by atoms with Crippen LogP contribution in [0.3, 0.4) is 0 Å². The second-order valence-corrected chi connectivity index (χ2v) is 5.49. The molecule has 0 N–H and O–H groups in total. The molecule has 1 amide bonds. The lowest BCUT2D eigenvalue weighted by molar-refractivity contribution is -0.129. The van der Waals surface area contributed by atoms with E-state index in [2.05, 4.69) is 32.9 Å². The SMILES string of the molecule is Cc1ccc(C)c(OCCCN(C)C(=O)CCCl)c1C. The van der Waals surface area contributed by atoms with Crippen molar-refractivity contribution in [2.45, 2.75) is 33.6 Å². The Labute approximate surface area is 126 Å². The number of aryl methyl sites for hydroxylation is 2. The van der Waals surface area contributed by atoms with Crippen molar-refractivity contribution in [2.75, 3.05) is 26.1 Å². The molecule has 0 bridgehead atoms. The van der Waals surface area contributed by atoms with E-state index in [-0.39, 0.29) is 5.91 Å². The van der Waals surface area contributed by atoms with E-state index in [1.165, 1.54) is 11.1 Å². The van der Waals surface area contributed by atoms with Gasteiger partial charge in [0.25, 0.3) is 0 Å². The topological polar surface area (TPSA) is 29.5 Å². The fourth-order valence-corrected chi connectivity index (χ4v) is 2.18. The largest absolute Gasteiger partial charge is 0.493 e. The molecule has 4 heteroatoms. The van der Waals surface area contributed by atoms with E-state index in [9.17, 15) is 4.79 Å². The fourth-order valence-electron chi connectivity index (χ4n) is 2.02. The summed E-state index contributed by atoms with van der Waals surface area (Å²) in [6.07, 6.45) is 1.21. The number of halogens is 1.